The highest BCUT2D eigenvalue weighted by Gasteiger charge is 2.29. The number of ether oxygens (including phenoxy) is 2. The summed E-state index contributed by atoms with van der Waals surface area (Å²) in [5.74, 6) is -1.56. The number of hydrogen-bond acceptors (Lipinski definition) is 4. The van der Waals surface area contributed by atoms with Gasteiger partial charge in [0.05, 0.1) is 0 Å². The van der Waals surface area contributed by atoms with E-state index in [9.17, 15) is 22.8 Å². The van der Waals surface area contributed by atoms with Crippen molar-refractivity contribution >= 4 is 17.6 Å². The second-order valence-corrected chi connectivity index (χ2v) is 5.78. The second kappa shape index (κ2) is 9.63. The Morgan fingerprint density at radius 1 is 1.00 bits per heavy atom. The highest BCUT2D eigenvalue weighted by Crippen LogP contribution is 2.28. The third kappa shape index (κ3) is 7.56. The van der Waals surface area contributed by atoms with Gasteiger partial charge >= 0.3 is 12.1 Å². The number of carbonyl (C=O) groups is 2. The SMILES string of the molecule is O=C(O)CCc1cccc(NC(=O)COc2ccccc2OCC(F)(F)F)c1. The van der Waals surface area contributed by atoms with Gasteiger partial charge < -0.3 is 19.9 Å². The summed E-state index contributed by atoms with van der Waals surface area (Å²) in [6.07, 6.45) is -4.20. The standard InChI is InChI=1S/C19H18F3NO5/c20-19(21,22)12-28-16-7-2-1-6-15(16)27-11-17(24)23-14-5-3-4-13(10-14)8-9-18(25)26/h1-7,10H,8-9,11-12H2,(H,23,24)(H,25,26). The fourth-order valence-electron chi connectivity index (χ4n) is 2.24. The number of anilines is 1. The third-order valence-electron chi connectivity index (χ3n) is 3.44. The molecule has 2 aromatic carbocycles. The van der Waals surface area contributed by atoms with Gasteiger partial charge in [-0.25, -0.2) is 0 Å². The predicted octanol–water partition coefficient (Wildman–Crippen LogP) is 3.66. The number of alkyl halides is 3. The molecule has 0 atom stereocenters. The maximum Gasteiger partial charge on any atom is 0.422 e. The first-order valence-electron chi connectivity index (χ1n) is 8.25. The zero-order chi connectivity index (χ0) is 20.6. The van der Waals surface area contributed by atoms with Gasteiger partial charge in [0.1, 0.15) is 0 Å². The molecule has 0 aliphatic carbocycles. The Hall–Kier alpha value is -3.23. The number of hydrogen-bond donors (Lipinski definition) is 2. The number of benzene rings is 2. The molecular formula is C19H18F3NO5. The summed E-state index contributed by atoms with van der Waals surface area (Å²) >= 11 is 0. The van der Waals surface area contributed by atoms with Gasteiger partial charge in [0.25, 0.3) is 5.91 Å². The van der Waals surface area contributed by atoms with E-state index in [2.05, 4.69) is 10.1 Å². The van der Waals surface area contributed by atoms with Crippen LogP contribution >= 0.6 is 0 Å². The summed E-state index contributed by atoms with van der Waals surface area (Å²) in [6.45, 7) is -1.91. The highest BCUT2D eigenvalue weighted by atomic mass is 19.4. The lowest BCUT2D eigenvalue weighted by Gasteiger charge is -2.14. The van der Waals surface area contributed by atoms with Crippen molar-refractivity contribution in [3.05, 3.63) is 54.1 Å². The molecule has 0 saturated carbocycles. The van der Waals surface area contributed by atoms with Gasteiger partial charge in [-0.15, -0.1) is 0 Å². The number of carboxylic acid groups (broad SMARTS) is 1. The van der Waals surface area contributed by atoms with Gasteiger partial charge in [-0.05, 0) is 36.2 Å². The minimum absolute atomic E-state index is 0.0112. The van der Waals surface area contributed by atoms with Crippen LogP contribution in [0.15, 0.2) is 48.5 Å². The zero-order valence-corrected chi connectivity index (χ0v) is 14.7. The molecular weight excluding hydrogens is 379 g/mol. The predicted molar refractivity (Wildman–Crippen MR) is 94.5 cm³/mol. The average Bonchev–Trinajstić information content (AvgIpc) is 2.63. The number of halogens is 3. The van der Waals surface area contributed by atoms with Crippen molar-refractivity contribution < 1.29 is 37.3 Å². The fraction of sp³-hybridized carbons (Fsp3) is 0.263. The van der Waals surface area contributed by atoms with Gasteiger partial charge in [-0.2, -0.15) is 13.2 Å². The maximum absolute atomic E-state index is 12.3. The lowest BCUT2D eigenvalue weighted by molar-refractivity contribution is -0.153. The van der Waals surface area contributed by atoms with Crippen LogP contribution in [0.2, 0.25) is 0 Å². The van der Waals surface area contributed by atoms with Gasteiger partial charge in [0.2, 0.25) is 0 Å². The highest BCUT2D eigenvalue weighted by molar-refractivity contribution is 5.92. The lowest BCUT2D eigenvalue weighted by Crippen LogP contribution is -2.21. The Labute approximate surface area is 158 Å². The molecule has 0 spiro atoms. The van der Waals surface area contributed by atoms with E-state index < -0.39 is 31.3 Å². The number of aryl methyl sites for hydroxylation is 1. The Morgan fingerprint density at radius 3 is 2.32 bits per heavy atom. The Balaban J connectivity index is 1.91. The molecule has 0 aromatic heterocycles. The van der Waals surface area contributed by atoms with Crippen molar-refractivity contribution in [2.24, 2.45) is 0 Å². The number of carboxylic acids is 1. The zero-order valence-electron chi connectivity index (χ0n) is 14.7. The first-order valence-corrected chi connectivity index (χ1v) is 8.25. The number of rotatable bonds is 9. The number of amides is 1. The molecule has 2 rings (SSSR count). The molecule has 6 nitrogen and oxygen atoms in total. The molecule has 28 heavy (non-hydrogen) atoms. The van der Waals surface area contributed by atoms with Crippen LogP contribution in [0, 0.1) is 0 Å². The Bertz CT molecular complexity index is 823. The van der Waals surface area contributed by atoms with E-state index in [1.165, 1.54) is 18.2 Å². The van der Waals surface area contributed by atoms with Crippen LogP contribution < -0.4 is 14.8 Å². The molecule has 1 amide bonds. The van der Waals surface area contributed by atoms with Crippen molar-refractivity contribution in [1.82, 2.24) is 0 Å². The average molecular weight is 397 g/mol. The smallest absolute Gasteiger partial charge is 0.422 e. The van der Waals surface area contributed by atoms with Crippen LogP contribution in [0.5, 0.6) is 11.5 Å². The van der Waals surface area contributed by atoms with E-state index >= 15 is 0 Å². The number of aliphatic carboxylic acids is 1. The maximum atomic E-state index is 12.3. The third-order valence-corrected chi connectivity index (χ3v) is 3.44. The summed E-state index contributed by atoms with van der Waals surface area (Å²) in [5.41, 5.74) is 1.20. The largest absolute Gasteiger partial charge is 0.481 e. The summed E-state index contributed by atoms with van der Waals surface area (Å²) in [4.78, 5) is 22.7. The van der Waals surface area contributed by atoms with Crippen molar-refractivity contribution in [2.45, 2.75) is 19.0 Å². The molecule has 0 radical (unpaired) electrons. The Morgan fingerprint density at radius 2 is 1.68 bits per heavy atom. The lowest BCUT2D eigenvalue weighted by atomic mass is 10.1. The van der Waals surface area contributed by atoms with Crippen molar-refractivity contribution in [1.29, 1.82) is 0 Å². The minimum atomic E-state index is -4.49. The number of nitrogens with one attached hydrogen (secondary N) is 1. The van der Waals surface area contributed by atoms with Crippen LogP contribution in [0.3, 0.4) is 0 Å². The summed E-state index contributed by atoms with van der Waals surface area (Å²) in [6, 6.07) is 12.4. The fourth-order valence-corrected chi connectivity index (χ4v) is 2.24. The van der Waals surface area contributed by atoms with E-state index in [0.29, 0.717) is 12.1 Å². The summed E-state index contributed by atoms with van der Waals surface area (Å²) in [7, 11) is 0. The molecule has 2 N–H and O–H groups in total. The normalized spacial score (nSPS) is 11.0. The molecule has 0 aliphatic rings. The molecule has 0 aliphatic heterocycles. The molecule has 0 saturated heterocycles. The number of carbonyl (C=O) groups excluding carboxylic acids is 1. The van der Waals surface area contributed by atoms with Crippen molar-refractivity contribution in [3.63, 3.8) is 0 Å². The molecule has 0 fully saturated rings. The monoisotopic (exact) mass is 397 g/mol. The topological polar surface area (TPSA) is 84.9 Å². The van der Waals surface area contributed by atoms with E-state index in [0.717, 1.165) is 5.56 Å². The van der Waals surface area contributed by atoms with Crippen LogP contribution in [-0.4, -0.2) is 36.4 Å². The van der Waals surface area contributed by atoms with Crippen LogP contribution in [0.1, 0.15) is 12.0 Å². The van der Waals surface area contributed by atoms with Gasteiger partial charge in [-0.3, -0.25) is 9.59 Å². The van der Waals surface area contributed by atoms with E-state index in [-0.39, 0.29) is 17.9 Å². The van der Waals surface area contributed by atoms with E-state index in [1.54, 1.807) is 30.3 Å². The molecule has 0 bridgehead atoms. The first kappa shape index (κ1) is 21.1. The minimum Gasteiger partial charge on any atom is -0.481 e. The van der Waals surface area contributed by atoms with Crippen LogP contribution in [0.25, 0.3) is 0 Å². The van der Waals surface area contributed by atoms with Crippen LogP contribution in [0.4, 0.5) is 18.9 Å². The van der Waals surface area contributed by atoms with Crippen molar-refractivity contribution in [3.8, 4) is 11.5 Å². The summed E-state index contributed by atoms with van der Waals surface area (Å²) in [5, 5.41) is 11.3. The molecule has 2 aromatic rings. The van der Waals surface area contributed by atoms with Crippen LogP contribution in [-0.2, 0) is 16.0 Å². The molecule has 9 heteroatoms. The summed E-state index contributed by atoms with van der Waals surface area (Å²) < 4.78 is 46.8. The molecule has 150 valence electrons. The van der Waals surface area contributed by atoms with E-state index in [4.69, 9.17) is 9.84 Å². The first-order chi connectivity index (χ1) is 13.2. The molecule has 0 heterocycles. The van der Waals surface area contributed by atoms with Crippen molar-refractivity contribution in [2.75, 3.05) is 18.5 Å². The van der Waals surface area contributed by atoms with Gasteiger partial charge in [0.15, 0.2) is 24.7 Å². The molecule has 0 unspecified atom stereocenters. The van der Waals surface area contributed by atoms with E-state index in [1.807, 2.05) is 0 Å². The quantitative estimate of drug-likeness (QED) is 0.675. The number of para-hydroxylation sites is 2. The Kier molecular flexibility index (Phi) is 7.25. The van der Waals surface area contributed by atoms with Gasteiger partial charge in [0, 0.05) is 12.1 Å². The van der Waals surface area contributed by atoms with Gasteiger partial charge in [-0.1, -0.05) is 24.3 Å². The second-order valence-electron chi connectivity index (χ2n) is 5.78.